The van der Waals surface area contributed by atoms with E-state index in [1.165, 1.54) is 24.1 Å². The minimum absolute atomic E-state index is 0.0298. The average Bonchev–Trinajstić information content (AvgIpc) is 2.29. The predicted octanol–water partition coefficient (Wildman–Crippen LogP) is 2.58. The Morgan fingerprint density at radius 2 is 2.12 bits per heavy atom. The Morgan fingerprint density at radius 1 is 1.29 bits per heavy atom. The molecule has 0 saturated carbocycles. The number of benzene rings is 1. The summed E-state index contributed by atoms with van der Waals surface area (Å²) in [6, 6.07) is 8.37. The number of carbonyl (C=O) groups excluding carboxylic acids is 1. The summed E-state index contributed by atoms with van der Waals surface area (Å²) in [7, 11) is 0. The third-order valence-electron chi connectivity index (χ3n) is 2.57. The second-order valence-corrected chi connectivity index (χ2v) is 4.21. The fourth-order valence-corrected chi connectivity index (χ4v) is 1.63. The number of nitrogens with one attached hydrogen (secondary N) is 2. The number of anilines is 1. The van der Waals surface area contributed by atoms with E-state index in [-0.39, 0.29) is 5.91 Å². The van der Waals surface area contributed by atoms with Crippen LogP contribution in [0.15, 0.2) is 24.3 Å². The van der Waals surface area contributed by atoms with Crippen LogP contribution < -0.4 is 10.6 Å². The number of unbranched alkanes of at least 4 members (excludes halogenated alkanes) is 1. The maximum Gasteiger partial charge on any atom is 0.216 e. The van der Waals surface area contributed by atoms with Crippen LogP contribution >= 0.6 is 0 Å². The van der Waals surface area contributed by atoms with Crippen LogP contribution in [-0.4, -0.2) is 19.0 Å². The van der Waals surface area contributed by atoms with Gasteiger partial charge in [-0.15, -0.1) is 0 Å². The van der Waals surface area contributed by atoms with E-state index < -0.39 is 0 Å². The molecule has 0 spiro atoms. The van der Waals surface area contributed by atoms with Crippen LogP contribution in [0.4, 0.5) is 5.69 Å². The van der Waals surface area contributed by atoms with Gasteiger partial charge < -0.3 is 10.6 Å². The van der Waals surface area contributed by atoms with Gasteiger partial charge in [-0.05, 0) is 30.5 Å². The van der Waals surface area contributed by atoms with Gasteiger partial charge in [-0.2, -0.15) is 0 Å². The zero-order chi connectivity index (χ0) is 12.5. The monoisotopic (exact) mass is 234 g/mol. The van der Waals surface area contributed by atoms with E-state index in [0.717, 1.165) is 13.0 Å². The van der Waals surface area contributed by atoms with Crippen molar-refractivity contribution in [3.8, 4) is 0 Å². The zero-order valence-electron chi connectivity index (χ0n) is 10.8. The lowest BCUT2D eigenvalue weighted by atomic mass is 10.1. The summed E-state index contributed by atoms with van der Waals surface area (Å²) in [6.45, 7) is 5.45. The van der Waals surface area contributed by atoms with Gasteiger partial charge in [0.2, 0.25) is 5.91 Å². The third-order valence-corrected chi connectivity index (χ3v) is 2.57. The minimum atomic E-state index is 0.0298. The second kappa shape index (κ2) is 7.71. The van der Waals surface area contributed by atoms with Gasteiger partial charge in [0.15, 0.2) is 0 Å². The highest BCUT2D eigenvalue weighted by atomic mass is 16.1. The van der Waals surface area contributed by atoms with E-state index in [1.54, 1.807) is 6.92 Å². The van der Waals surface area contributed by atoms with Crippen LogP contribution in [0.5, 0.6) is 0 Å². The van der Waals surface area contributed by atoms with E-state index in [2.05, 4.69) is 41.8 Å². The van der Waals surface area contributed by atoms with Gasteiger partial charge in [0.25, 0.3) is 0 Å². The summed E-state index contributed by atoms with van der Waals surface area (Å²) in [4.78, 5) is 10.8. The van der Waals surface area contributed by atoms with E-state index in [1.807, 2.05) is 0 Å². The standard InChI is InChI=1S/C14H22N2O/c1-3-4-9-16-14-7-5-6-13(11-14)8-10-15-12(2)17/h5-7,11,16H,3-4,8-10H2,1-2H3,(H,15,17). The summed E-state index contributed by atoms with van der Waals surface area (Å²) in [5.74, 6) is 0.0298. The maximum atomic E-state index is 10.8. The summed E-state index contributed by atoms with van der Waals surface area (Å²) in [6.07, 6.45) is 3.27. The predicted molar refractivity (Wildman–Crippen MR) is 72.2 cm³/mol. The molecule has 0 aromatic heterocycles. The number of carbonyl (C=O) groups is 1. The Hall–Kier alpha value is -1.51. The molecule has 17 heavy (non-hydrogen) atoms. The zero-order valence-corrected chi connectivity index (χ0v) is 10.8. The highest BCUT2D eigenvalue weighted by Crippen LogP contribution is 2.11. The topological polar surface area (TPSA) is 41.1 Å². The molecule has 94 valence electrons. The Balaban J connectivity index is 2.39. The molecular weight excluding hydrogens is 212 g/mol. The molecule has 1 amide bonds. The van der Waals surface area contributed by atoms with E-state index in [9.17, 15) is 4.79 Å². The largest absolute Gasteiger partial charge is 0.385 e. The second-order valence-electron chi connectivity index (χ2n) is 4.21. The Labute approximate surface area is 104 Å². The van der Waals surface area contributed by atoms with Crippen molar-refractivity contribution >= 4 is 11.6 Å². The molecule has 0 aliphatic heterocycles. The molecule has 3 heteroatoms. The van der Waals surface area contributed by atoms with Crippen molar-refractivity contribution in [3.63, 3.8) is 0 Å². The molecule has 0 unspecified atom stereocenters. The molecule has 0 saturated heterocycles. The molecule has 0 aliphatic carbocycles. The first-order valence-electron chi connectivity index (χ1n) is 6.29. The average molecular weight is 234 g/mol. The van der Waals surface area contributed by atoms with Crippen LogP contribution in [0.1, 0.15) is 32.3 Å². The van der Waals surface area contributed by atoms with Gasteiger partial charge in [-0.3, -0.25) is 4.79 Å². The van der Waals surface area contributed by atoms with Crippen molar-refractivity contribution < 1.29 is 4.79 Å². The van der Waals surface area contributed by atoms with E-state index in [4.69, 9.17) is 0 Å². The number of hydrogen-bond acceptors (Lipinski definition) is 2. The molecule has 1 rings (SSSR count). The van der Waals surface area contributed by atoms with Gasteiger partial charge in [-0.25, -0.2) is 0 Å². The van der Waals surface area contributed by atoms with Crippen molar-refractivity contribution in [3.05, 3.63) is 29.8 Å². The van der Waals surface area contributed by atoms with Crippen LogP contribution in [0, 0.1) is 0 Å². The quantitative estimate of drug-likeness (QED) is 0.712. The lowest BCUT2D eigenvalue weighted by molar-refractivity contribution is -0.118. The number of hydrogen-bond donors (Lipinski definition) is 2. The van der Waals surface area contributed by atoms with Crippen molar-refractivity contribution in [2.24, 2.45) is 0 Å². The highest BCUT2D eigenvalue weighted by molar-refractivity contribution is 5.72. The molecular formula is C14H22N2O. The molecule has 0 atom stereocenters. The van der Waals surface area contributed by atoms with Gasteiger partial charge >= 0.3 is 0 Å². The first kappa shape index (κ1) is 13.6. The Bertz CT molecular complexity index is 350. The minimum Gasteiger partial charge on any atom is -0.385 e. The fourth-order valence-electron chi connectivity index (χ4n) is 1.63. The highest BCUT2D eigenvalue weighted by Gasteiger charge is 1.97. The van der Waals surface area contributed by atoms with Crippen molar-refractivity contribution in [2.45, 2.75) is 33.1 Å². The number of amides is 1. The van der Waals surface area contributed by atoms with Gasteiger partial charge in [-0.1, -0.05) is 25.5 Å². The molecule has 0 radical (unpaired) electrons. The fraction of sp³-hybridized carbons (Fsp3) is 0.500. The summed E-state index contributed by atoms with van der Waals surface area (Å²) >= 11 is 0. The first-order chi connectivity index (χ1) is 8.22. The molecule has 0 heterocycles. The van der Waals surface area contributed by atoms with Crippen LogP contribution in [0.3, 0.4) is 0 Å². The molecule has 1 aromatic carbocycles. The Kier molecular flexibility index (Phi) is 6.15. The molecule has 0 fully saturated rings. The summed E-state index contributed by atoms with van der Waals surface area (Å²) in [5, 5.41) is 6.20. The lowest BCUT2D eigenvalue weighted by Crippen LogP contribution is -2.22. The van der Waals surface area contributed by atoms with Crippen molar-refractivity contribution in [2.75, 3.05) is 18.4 Å². The van der Waals surface area contributed by atoms with Crippen molar-refractivity contribution in [1.82, 2.24) is 5.32 Å². The van der Waals surface area contributed by atoms with Gasteiger partial charge in [0, 0.05) is 25.7 Å². The van der Waals surface area contributed by atoms with Gasteiger partial charge in [0.05, 0.1) is 0 Å². The summed E-state index contributed by atoms with van der Waals surface area (Å²) in [5.41, 5.74) is 2.42. The molecule has 2 N–H and O–H groups in total. The van der Waals surface area contributed by atoms with E-state index >= 15 is 0 Å². The molecule has 0 bridgehead atoms. The SMILES string of the molecule is CCCCNc1cccc(CCNC(C)=O)c1. The normalized spacial score (nSPS) is 10.0. The van der Waals surface area contributed by atoms with Crippen LogP contribution in [0.2, 0.25) is 0 Å². The third kappa shape index (κ3) is 5.95. The smallest absolute Gasteiger partial charge is 0.216 e. The van der Waals surface area contributed by atoms with Crippen LogP contribution in [-0.2, 0) is 11.2 Å². The van der Waals surface area contributed by atoms with Crippen LogP contribution in [0.25, 0.3) is 0 Å². The molecule has 1 aromatic rings. The van der Waals surface area contributed by atoms with Gasteiger partial charge in [0.1, 0.15) is 0 Å². The molecule has 3 nitrogen and oxygen atoms in total. The van der Waals surface area contributed by atoms with E-state index in [0.29, 0.717) is 6.54 Å². The maximum absolute atomic E-state index is 10.8. The summed E-state index contributed by atoms with van der Waals surface area (Å²) < 4.78 is 0. The first-order valence-corrected chi connectivity index (χ1v) is 6.29. The number of rotatable bonds is 7. The van der Waals surface area contributed by atoms with Crippen molar-refractivity contribution in [1.29, 1.82) is 0 Å². The molecule has 0 aliphatic rings. The Morgan fingerprint density at radius 3 is 2.82 bits per heavy atom. The lowest BCUT2D eigenvalue weighted by Gasteiger charge is -2.08.